The molecule has 31 heavy (non-hydrogen) atoms. The third-order valence-electron chi connectivity index (χ3n) is 5.38. The van der Waals surface area contributed by atoms with Crippen molar-refractivity contribution in [1.29, 1.82) is 0 Å². The molecule has 1 aromatic heterocycles. The number of hydrogen-bond donors (Lipinski definition) is 1. The number of piperidine rings is 1. The van der Waals surface area contributed by atoms with Crippen LogP contribution >= 0.6 is 11.6 Å². The van der Waals surface area contributed by atoms with Crippen LogP contribution < -0.4 is 14.8 Å². The van der Waals surface area contributed by atoms with Crippen molar-refractivity contribution in [3.05, 3.63) is 59.8 Å². The second kappa shape index (κ2) is 8.98. The number of nitrogens with one attached hydrogen (secondary N) is 1. The standard InChI is InChI=1S/C23H24ClFN4O2/c1-14(2)29-8-6-16(7-9-29)31-22-11-17-20(12-21(22)30-3)26-13-27-23(17)28-15-4-5-19(25)18(24)10-15/h4-5,10-13,16H,1,6-9H2,2-3H3,(H,26,27,28). The maximum Gasteiger partial charge on any atom is 0.162 e. The Morgan fingerprint density at radius 3 is 2.65 bits per heavy atom. The Labute approximate surface area is 185 Å². The first kappa shape index (κ1) is 21.2. The molecule has 6 nitrogen and oxygen atoms in total. The summed E-state index contributed by atoms with van der Waals surface area (Å²) in [4.78, 5) is 11.0. The van der Waals surface area contributed by atoms with E-state index < -0.39 is 5.82 Å². The van der Waals surface area contributed by atoms with Crippen molar-refractivity contribution in [2.45, 2.75) is 25.9 Å². The SMILES string of the molecule is C=C(C)N1CCC(Oc2cc3c(Nc4ccc(F)c(Cl)c4)ncnc3cc2OC)CC1. The minimum atomic E-state index is -0.474. The van der Waals surface area contributed by atoms with Gasteiger partial charge in [-0.05, 0) is 31.2 Å². The fraction of sp³-hybridized carbons (Fsp3) is 0.304. The van der Waals surface area contributed by atoms with Crippen molar-refractivity contribution in [3.63, 3.8) is 0 Å². The zero-order chi connectivity index (χ0) is 22.0. The molecule has 0 radical (unpaired) electrons. The number of methoxy groups -OCH3 is 1. The van der Waals surface area contributed by atoms with Crippen LogP contribution in [0.5, 0.6) is 11.5 Å². The van der Waals surface area contributed by atoms with Gasteiger partial charge < -0.3 is 19.7 Å². The average Bonchev–Trinajstić information content (AvgIpc) is 2.76. The van der Waals surface area contributed by atoms with Gasteiger partial charge in [0.1, 0.15) is 24.1 Å². The second-order valence-electron chi connectivity index (χ2n) is 7.54. The number of likely N-dealkylation sites (tertiary alicyclic amines) is 1. The summed E-state index contributed by atoms with van der Waals surface area (Å²) < 4.78 is 25.4. The number of benzene rings is 2. The van der Waals surface area contributed by atoms with Crippen LogP contribution in [0.15, 0.2) is 48.9 Å². The van der Waals surface area contributed by atoms with Gasteiger partial charge in [0.25, 0.3) is 0 Å². The van der Waals surface area contributed by atoms with Gasteiger partial charge in [0.15, 0.2) is 11.5 Å². The van der Waals surface area contributed by atoms with Crippen LogP contribution in [0.2, 0.25) is 5.02 Å². The third kappa shape index (κ3) is 4.66. The zero-order valence-electron chi connectivity index (χ0n) is 17.5. The van der Waals surface area contributed by atoms with E-state index in [1.165, 1.54) is 18.5 Å². The largest absolute Gasteiger partial charge is 0.493 e. The molecule has 1 saturated heterocycles. The first-order chi connectivity index (χ1) is 14.9. The number of rotatable bonds is 6. The highest BCUT2D eigenvalue weighted by Crippen LogP contribution is 2.36. The van der Waals surface area contributed by atoms with Crippen LogP contribution in [0.1, 0.15) is 19.8 Å². The van der Waals surface area contributed by atoms with Crippen LogP contribution in [0.25, 0.3) is 10.9 Å². The molecule has 0 spiro atoms. The summed E-state index contributed by atoms with van der Waals surface area (Å²) >= 11 is 5.91. The highest BCUT2D eigenvalue weighted by molar-refractivity contribution is 6.31. The Hall–Kier alpha value is -3.06. The molecule has 0 amide bonds. The molecule has 0 unspecified atom stereocenters. The number of hydrogen-bond acceptors (Lipinski definition) is 6. The summed E-state index contributed by atoms with van der Waals surface area (Å²) in [5.74, 6) is 1.35. The molecule has 3 aromatic rings. The lowest BCUT2D eigenvalue weighted by molar-refractivity contribution is 0.114. The number of nitrogens with zero attached hydrogens (tertiary/aromatic N) is 3. The monoisotopic (exact) mass is 442 g/mol. The topological polar surface area (TPSA) is 59.5 Å². The Balaban J connectivity index is 1.62. The maximum atomic E-state index is 13.5. The van der Waals surface area contributed by atoms with Crippen LogP contribution in [-0.4, -0.2) is 41.2 Å². The number of ether oxygens (including phenoxy) is 2. The number of fused-ring (bicyclic) bond motifs is 1. The van der Waals surface area contributed by atoms with Gasteiger partial charge in [-0.3, -0.25) is 0 Å². The highest BCUT2D eigenvalue weighted by Gasteiger charge is 2.22. The molecule has 1 fully saturated rings. The normalized spacial score (nSPS) is 14.5. The van der Waals surface area contributed by atoms with Crippen molar-refractivity contribution in [2.24, 2.45) is 0 Å². The predicted molar refractivity (Wildman–Crippen MR) is 121 cm³/mol. The van der Waals surface area contributed by atoms with Gasteiger partial charge in [0.2, 0.25) is 0 Å². The Kier molecular flexibility index (Phi) is 6.13. The van der Waals surface area contributed by atoms with E-state index in [1.54, 1.807) is 13.2 Å². The summed E-state index contributed by atoms with van der Waals surface area (Å²) in [6, 6.07) is 8.14. The second-order valence-corrected chi connectivity index (χ2v) is 7.94. The molecule has 162 valence electrons. The van der Waals surface area contributed by atoms with E-state index in [0.717, 1.165) is 37.0 Å². The Morgan fingerprint density at radius 1 is 1.19 bits per heavy atom. The summed E-state index contributed by atoms with van der Waals surface area (Å²) in [5, 5.41) is 3.99. The molecular weight excluding hydrogens is 419 g/mol. The Morgan fingerprint density at radius 2 is 1.97 bits per heavy atom. The minimum Gasteiger partial charge on any atom is -0.493 e. The zero-order valence-corrected chi connectivity index (χ0v) is 18.2. The molecule has 0 saturated carbocycles. The average molecular weight is 443 g/mol. The number of allylic oxidation sites excluding steroid dienone is 1. The molecule has 0 bridgehead atoms. The van der Waals surface area contributed by atoms with Crippen molar-refractivity contribution in [1.82, 2.24) is 14.9 Å². The van der Waals surface area contributed by atoms with E-state index >= 15 is 0 Å². The third-order valence-corrected chi connectivity index (χ3v) is 5.67. The van der Waals surface area contributed by atoms with Crippen LogP contribution in [0.3, 0.4) is 0 Å². The van der Waals surface area contributed by atoms with Gasteiger partial charge in [-0.25, -0.2) is 14.4 Å². The molecule has 8 heteroatoms. The molecule has 1 aliphatic rings. The molecule has 4 rings (SSSR count). The van der Waals surface area contributed by atoms with Crippen molar-refractivity contribution < 1.29 is 13.9 Å². The quantitative estimate of drug-likeness (QED) is 0.540. The molecule has 2 aromatic carbocycles. The number of anilines is 2. The highest BCUT2D eigenvalue weighted by atomic mass is 35.5. The molecule has 1 aliphatic heterocycles. The molecular formula is C23H24ClFN4O2. The summed E-state index contributed by atoms with van der Waals surface area (Å²) in [6.07, 6.45) is 3.35. The molecule has 0 atom stereocenters. The lowest BCUT2D eigenvalue weighted by Crippen LogP contribution is -2.36. The molecule has 0 aliphatic carbocycles. The van der Waals surface area contributed by atoms with Gasteiger partial charge in [0.05, 0.1) is 17.6 Å². The predicted octanol–water partition coefficient (Wildman–Crippen LogP) is 5.55. The maximum absolute atomic E-state index is 13.5. The van der Waals surface area contributed by atoms with Crippen LogP contribution in [0.4, 0.5) is 15.9 Å². The van der Waals surface area contributed by atoms with Gasteiger partial charge in [-0.2, -0.15) is 0 Å². The van der Waals surface area contributed by atoms with Crippen molar-refractivity contribution >= 4 is 34.0 Å². The lowest BCUT2D eigenvalue weighted by atomic mass is 10.1. The van der Waals surface area contributed by atoms with Gasteiger partial charge in [-0.15, -0.1) is 0 Å². The Bertz CT molecular complexity index is 1120. The van der Waals surface area contributed by atoms with Gasteiger partial charge in [0, 0.05) is 48.8 Å². The van der Waals surface area contributed by atoms with Gasteiger partial charge in [-0.1, -0.05) is 18.2 Å². The van der Waals surface area contributed by atoms with Crippen molar-refractivity contribution in [3.8, 4) is 11.5 Å². The van der Waals surface area contributed by atoms with Crippen molar-refractivity contribution in [2.75, 3.05) is 25.5 Å². The van der Waals surface area contributed by atoms with Crippen LogP contribution in [-0.2, 0) is 0 Å². The summed E-state index contributed by atoms with van der Waals surface area (Å²) in [6.45, 7) is 7.87. The lowest BCUT2D eigenvalue weighted by Gasteiger charge is -2.34. The van der Waals surface area contributed by atoms with E-state index in [9.17, 15) is 4.39 Å². The minimum absolute atomic E-state index is 0.0372. The number of halogens is 2. The van der Waals surface area contributed by atoms with Gasteiger partial charge >= 0.3 is 0 Å². The fourth-order valence-electron chi connectivity index (χ4n) is 3.66. The summed E-state index contributed by atoms with van der Waals surface area (Å²) in [5.41, 5.74) is 2.40. The fourth-order valence-corrected chi connectivity index (χ4v) is 3.84. The van der Waals surface area contributed by atoms with E-state index in [-0.39, 0.29) is 11.1 Å². The van der Waals surface area contributed by atoms with E-state index in [4.69, 9.17) is 21.1 Å². The first-order valence-electron chi connectivity index (χ1n) is 10.1. The van der Waals surface area contributed by atoms with Crippen LogP contribution in [0, 0.1) is 5.82 Å². The number of aromatic nitrogens is 2. The van der Waals surface area contributed by atoms with E-state index in [1.807, 2.05) is 19.1 Å². The van der Waals surface area contributed by atoms with E-state index in [0.29, 0.717) is 28.5 Å². The first-order valence-corrected chi connectivity index (χ1v) is 10.4. The molecule has 1 N–H and O–H groups in total. The smallest absolute Gasteiger partial charge is 0.162 e. The molecule has 2 heterocycles. The van der Waals surface area contributed by atoms with E-state index in [2.05, 4.69) is 26.8 Å². The summed E-state index contributed by atoms with van der Waals surface area (Å²) in [7, 11) is 1.61.